The highest BCUT2D eigenvalue weighted by Gasteiger charge is 2.37. The fourth-order valence-corrected chi connectivity index (χ4v) is 3.94. The van der Waals surface area contributed by atoms with E-state index in [0.29, 0.717) is 11.0 Å². The first-order valence-electron chi connectivity index (χ1n) is 7.37. The van der Waals surface area contributed by atoms with Crippen molar-refractivity contribution in [2.75, 3.05) is 20.1 Å². The second-order valence-corrected chi connectivity index (χ2v) is 6.44. The molecule has 4 nitrogen and oxygen atoms in total. The lowest BCUT2D eigenvalue weighted by molar-refractivity contribution is 0.0705. The van der Waals surface area contributed by atoms with Gasteiger partial charge in [-0.25, -0.2) is 5.48 Å². The maximum Gasteiger partial charge on any atom is 0.274 e. The molecule has 1 heterocycles. The Morgan fingerprint density at radius 1 is 1.35 bits per heavy atom. The molecule has 2 aliphatic rings. The summed E-state index contributed by atoms with van der Waals surface area (Å²) in [7, 11) is 2.20. The summed E-state index contributed by atoms with van der Waals surface area (Å²) in [6.07, 6.45) is 5.95. The number of benzene rings is 1. The van der Waals surface area contributed by atoms with E-state index in [4.69, 9.17) is 5.21 Å². The third kappa shape index (κ3) is 2.45. The quantitative estimate of drug-likeness (QED) is 0.608. The largest absolute Gasteiger partial charge is 0.306 e. The number of aryl methyl sites for hydroxylation is 1. The minimum Gasteiger partial charge on any atom is -0.306 e. The summed E-state index contributed by atoms with van der Waals surface area (Å²) in [4.78, 5) is 14.0. The number of amides is 1. The van der Waals surface area contributed by atoms with E-state index in [9.17, 15) is 4.79 Å². The van der Waals surface area contributed by atoms with Crippen LogP contribution in [0.2, 0.25) is 0 Å². The Kier molecular flexibility index (Phi) is 3.52. The normalized spacial score (nSPS) is 26.3. The molecule has 4 heteroatoms. The van der Waals surface area contributed by atoms with Crippen LogP contribution in [0.1, 0.15) is 40.7 Å². The van der Waals surface area contributed by atoms with Crippen LogP contribution >= 0.6 is 0 Å². The Hall–Kier alpha value is -1.39. The van der Waals surface area contributed by atoms with Crippen molar-refractivity contribution in [3.63, 3.8) is 0 Å². The van der Waals surface area contributed by atoms with E-state index in [1.54, 1.807) is 11.5 Å². The Labute approximate surface area is 119 Å². The molecule has 1 aliphatic heterocycles. The number of carbonyl (C=O) groups is 1. The van der Waals surface area contributed by atoms with Gasteiger partial charge in [-0.05, 0) is 74.4 Å². The molecule has 1 saturated heterocycles. The molecule has 0 bridgehead atoms. The van der Waals surface area contributed by atoms with Crippen molar-refractivity contribution in [3.05, 3.63) is 34.9 Å². The summed E-state index contributed by atoms with van der Waals surface area (Å²) >= 11 is 0. The van der Waals surface area contributed by atoms with Crippen LogP contribution in [0.25, 0.3) is 0 Å². The van der Waals surface area contributed by atoms with Gasteiger partial charge in [0.2, 0.25) is 0 Å². The van der Waals surface area contributed by atoms with Gasteiger partial charge in [-0.2, -0.15) is 0 Å². The maximum absolute atomic E-state index is 11.5. The van der Waals surface area contributed by atoms with Gasteiger partial charge in [-0.1, -0.05) is 6.07 Å². The molecular weight excluding hydrogens is 252 g/mol. The minimum absolute atomic E-state index is 0.383. The van der Waals surface area contributed by atoms with E-state index in [2.05, 4.69) is 11.9 Å². The van der Waals surface area contributed by atoms with Gasteiger partial charge in [-0.3, -0.25) is 10.0 Å². The predicted molar refractivity (Wildman–Crippen MR) is 76.9 cm³/mol. The molecule has 0 radical (unpaired) electrons. The number of carbonyl (C=O) groups excluding carboxylic acids is 1. The van der Waals surface area contributed by atoms with Gasteiger partial charge >= 0.3 is 0 Å². The van der Waals surface area contributed by atoms with Crippen LogP contribution < -0.4 is 5.48 Å². The fourth-order valence-electron chi connectivity index (χ4n) is 3.94. The lowest BCUT2D eigenvalue weighted by atomic mass is 9.67. The highest BCUT2D eigenvalue weighted by molar-refractivity contribution is 5.93. The molecule has 1 amide bonds. The third-order valence-electron chi connectivity index (χ3n) is 4.91. The standard InChI is InChI=1S/C16H22N2O2/c1-18-8-2-6-16(11-18)7-5-12-3-4-13(15(19)17-20)9-14(12)10-16/h3-4,9,20H,2,5-8,10-11H2,1H3,(H,17,19)/t16-/m1/s1. The molecule has 2 N–H and O–H groups in total. The second kappa shape index (κ2) is 5.19. The van der Waals surface area contributed by atoms with Gasteiger partial charge in [0.25, 0.3) is 5.91 Å². The average Bonchev–Trinajstić information content (AvgIpc) is 2.45. The summed E-state index contributed by atoms with van der Waals surface area (Å²) in [6.45, 7) is 2.35. The molecule has 1 aliphatic carbocycles. The zero-order valence-electron chi connectivity index (χ0n) is 12.0. The minimum atomic E-state index is -0.423. The van der Waals surface area contributed by atoms with Gasteiger partial charge in [-0.15, -0.1) is 0 Å². The topological polar surface area (TPSA) is 52.6 Å². The molecular formula is C16H22N2O2. The zero-order chi connectivity index (χ0) is 14.2. The van der Waals surface area contributed by atoms with E-state index in [1.165, 1.54) is 36.9 Å². The molecule has 1 fully saturated rings. The van der Waals surface area contributed by atoms with E-state index in [0.717, 1.165) is 19.4 Å². The highest BCUT2D eigenvalue weighted by Crippen LogP contribution is 2.42. The lowest BCUT2D eigenvalue weighted by Gasteiger charge is -2.44. The summed E-state index contributed by atoms with van der Waals surface area (Å²) < 4.78 is 0. The van der Waals surface area contributed by atoms with Crippen LogP contribution in [-0.4, -0.2) is 36.2 Å². The molecule has 108 valence electrons. The van der Waals surface area contributed by atoms with Gasteiger partial charge in [0.05, 0.1) is 0 Å². The van der Waals surface area contributed by atoms with E-state index < -0.39 is 5.91 Å². The van der Waals surface area contributed by atoms with Crippen LogP contribution in [0.3, 0.4) is 0 Å². The Morgan fingerprint density at radius 3 is 2.95 bits per heavy atom. The molecule has 1 aromatic carbocycles. The number of nitrogens with one attached hydrogen (secondary N) is 1. The summed E-state index contributed by atoms with van der Waals surface area (Å²) in [5, 5.41) is 8.76. The van der Waals surface area contributed by atoms with Crippen LogP contribution in [0.5, 0.6) is 0 Å². The van der Waals surface area contributed by atoms with E-state index in [1.807, 2.05) is 12.1 Å². The van der Waals surface area contributed by atoms with Crippen molar-refractivity contribution in [2.45, 2.75) is 32.1 Å². The first-order valence-corrected chi connectivity index (χ1v) is 7.37. The first-order chi connectivity index (χ1) is 9.62. The molecule has 1 aromatic rings. The van der Waals surface area contributed by atoms with Crippen LogP contribution in [-0.2, 0) is 12.8 Å². The van der Waals surface area contributed by atoms with Gasteiger partial charge in [0.15, 0.2) is 0 Å². The van der Waals surface area contributed by atoms with Crippen molar-refractivity contribution in [3.8, 4) is 0 Å². The third-order valence-corrected chi connectivity index (χ3v) is 4.91. The zero-order valence-corrected chi connectivity index (χ0v) is 12.0. The van der Waals surface area contributed by atoms with Crippen LogP contribution in [0, 0.1) is 5.41 Å². The molecule has 0 unspecified atom stereocenters. The van der Waals surface area contributed by atoms with Crippen molar-refractivity contribution < 1.29 is 10.0 Å². The number of hydroxylamine groups is 1. The fraction of sp³-hybridized carbons (Fsp3) is 0.562. The van der Waals surface area contributed by atoms with Gasteiger partial charge < -0.3 is 4.90 Å². The molecule has 1 spiro atoms. The van der Waals surface area contributed by atoms with Crippen molar-refractivity contribution in [1.29, 1.82) is 0 Å². The average molecular weight is 274 g/mol. The second-order valence-electron chi connectivity index (χ2n) is 6.44. The SMILES string of the molecule is CN1CCC[C@]2(CCc3ccc(C(=O)NO)cc3C2)C1. The monoisotopic (exact) mass is 274 g/mol. The van der Waals surface area contributed by atoms with E-state index >= 15 is 0 Å². The molecule has 3 rings (SSSR count). The number of hydrogen-bond acceptors (Lipinski definition) is 3. The van der Waals surface area contributed by atoms with Crippen molar-refractivity contribution in [1.82, 2.24) is 10.4 Å². The number of nitrogens with zero attached hydrogens (tertiary/aromatic N) is 1. The summed E-state index contributed by atoms with van der Waals surface area (Å²) in [5.41, 5.74) is 5.30. The Morgan fingerprint density at radius 2 is 2.20 bits per heavy atom. The number of rotatable bonds is 1. The molecule has 0 saturated carbocycles. The molecule has 1 atom stereocenters. The number of likely N-dealkylation sites (tertiary alicyclic amines) is 1. The summed E-state index contributed by atoms with van der Waals surface area (Å²) in [5.74, 6) is -0.423. The van der Waals surface area contributed by atoms with Crippen molar-refractivity contribution >= 4 is 5.91 Å². The van der Waals surface area contributed by atoms with Gasteiger partial charge in [0, 0.05) is 12.1 Å². The Bertz CT molecular complexity index is 529. The van der Waals surface area contributed by atoms with Crippen LogP contribution in [0.4, 0.5) is 0 Å². The predicted octanol–water partition coefficient (Wildman–Crippen LogP) is 2.01. The highest BCUT2D eigenvalue weighted by atomic mass is 16.5. The smallest absolute Gasteiger partial charge is 0.274 e. The van der Waals surface area contributed by atoms with E-state index in [-0.39, 0.29) is 0 Å². The number of fused-ring (bicyclic) bond motifs is 1. The number of hydrogen-bond donors (Lipinski definition) is 2. The van der Waals surface area contributed by atoms with Crippen LogP contribution in [0.15, 0.2) is 18.2 Å². The van der Waals surface area contributed by atoms with Crippen molar-refractivity contribution in [2.24, 2.45) is 5.41 Å². The maximum atomic E-state index is 11.5. The lowest BCUT2D eigenvalue weighted by Crippen LogP contribution is -2.44. The molecule has 0 aromatic heterocycles. The number of piperidine rings is 1. The van der Waals surface area contributed by atoms with Gasteiger partial charge in [0.1, 0.15) is 0 Å². The summed E-state index contributed by atoms with van der Waals surface area (Å²) in [6, 6.07) is 5.80. The first kappa shape index (κ1) is 13.6. The Balaban J connectivity index is 1.87. The molecule has 20 heavy (non-hydrogen) atoms.